The third-order valence-corrected chi connectivity index (χ3v) is 4.94. The summed E-state index contributed by atoms with van der Waals surface area (Å²) in [6.45, 7) is 9.06. The maximum atomic E-state index is 8.99. The van der Waals surface area contributed by atoms with Crippen LogP contribution in [-0.4, -0.2) is 32.2 Å². The zero-order chi connectivity index (χ0) is 22.9. The summed E-state index contributed by atoms with van der Waals surface area (Å²) >= 11 is 0. The highest BCUT2D eigenvalue weighted by atomic mass is 16.7. The van der Waals surface area contributed by atoms with Crippen molar-refractivity contribution in [2.75, 3.05) is 6.61 Å². The van der Waals surface area contributed by atoms with E-state index in [4.69, 9.17) is 28.8 Å². The molecule has 0 amide bonds. The standard InChI is InChI=1S/C25H32BNO5/c1-18(2)31-26(32-19(3)4)24-13-12-23(30-22-10-8-20(16-27)9-11-22)15-21(24)17-29-25-7-5-6-14-28-25/h8-13,15,18-19,25H,5-7,14,17H2,1-4H3. The van der Waals surface area contributed by atoms with Crippen LogP contribution in [0, 0.1) is 11.3 Å². The molecule has 0 aliphatic carbocycles. The number of hydrogen-bond donors (Lipinski definition) is 0. The van der Waals surface area contributed by atoms with Crippen molar-refractivity contribution in [3.8, 4) is 17.6 Å². The number of nitrogens with zero attached hydrogens (tertiary/aromatic N) is 1. The average molecular weight is 437 g/mol. The van der Waals surface area contributed by atoms with Gasteiger partial charge in [-0.05, 0) is 94.4 Å². The topological polar surface area (TPSA) is 69.9 Å². The smallest absolute Gasteiger partial charge is 0.457 e. The number of benzene rings is 2. The summed E-state index contributed by atoms with van der Waals surface area (Å²) in [6.07, 6.45) is 2.88. The Balaban J connectivity index is 1.84. The SMILES string of the molecule is CC(C)OB(OC(C)C)c1ccc(Oc2ccc(C#N)cc2)cc1COC1CCCCO1. The fourth-order valence-corrected chi connectivity index (χ4v) is 3.43. The molecule has 7 heteroatoms. The van der Waals surface area contributed by atoms with Crippen molar-refractivity contribution >= 4 is 12.6 Å². The third-order valence-electron chi connectivity index (χ3n) is 4.94. The molecular formula is C25H32BNO5. The van der Waals surface area contributed by atoms with Crippen molar-refractivity contribution in [2.45, 2.75) is 72.1 Å². The van der Waals surface area contributed by atoms with Crippen molar-refractivity contribution in [1.29, 1.82) is 5.26 Å². The van der Waals surface area contributed by atoms with Gasteiger partial charge in [0, 0.05) is 18.8 Å². The zero-order valence-electron chi connectivity index (χ0n) is 19.4. The average Bonchev–Trinajstić information content (AvgIpc) is 2.78. The predicted octanol–water partition coefficient (Wildman–Crippen LogP) is 4.94. The minimum atomic E-state index is -0.509. The van der Waals surface area contributed by atoms with Crippen LogP contribution in [0.2, 0.25) is 0 Å². The fourth-order valence-electron chi connectivity index (χ4n) is 3.43. The van der Waals surface area contributed by atoms with E-state index in [1.165, 1.54) is 0 Å². The molecule has 32 heavy (non-hydrogen) atoms. The number of hydrogen-bond acceptors (Lipinski definition) is 6. The van der Waals surface area contributed by atoms with E-state index in [-0.39, 0.29) is 18.5 Å². The van der Waals surface area contributed by atoms with Gasteiger partial charge in [-0.15, -0.1) is 0 Å². The summed E-state index contributed by atoms with van der Waals surface area (Å²) in [5.74, 6) is 1.34. The summed E-state index contributed by atoms with van der Waals surface area (Å²) < 4.78 is 30.0. The molecule has 1 aliphatic rings. The van der Waals surface area contributed by atoms with Crippen molar-refractivity contribution in [2.24, 2.45) is 0 Å². The molecule has 0 aromatic heterocycles. The lowest BCUT2D eigenvalue weighted by atomic mass is 9.75. The Kier molecular flexibility index (Phi) is 9.13. The molecule has 1 unspecified atom stereocenters. The molecule has 6 nitrogen and oxygen atoms in total. The molecule has 0 bridgehead atoms. The summed E-state index contributed by atoms with van der Waals surface area (Å²) in [5, 5.41) is 8.99. The minimum absolute atomic E-state index is 0.00349. The van der Waals surface area contributed by atoms with Crippen molar-refractivity contribution < 1.29 is 23.5 Å². The largest absolute Gasteiger partial charge is 0.494 e. The molecule has 1 saturated heterocycles. The molecule has 0 spiro atoms. The first kappa shape index (κ1) is 24.3. The molecule has 1 fully saturated rings. The lowest BCUT2D eigenvalue weighted by Gasteiger charge is -2.25. The fraction of sp³-hybridized carbons (Fsp3) is 0.480. The van der Waals surface area contributed by atoms with Gasteiger partial charge in [-0.1, -0.05) is 6.07 Å². The van der Waals surface area contributed by atoms with Crippen LogP contribution >= 0.6 is 0 Å². The molecular weight excluding hydrogens is 405 g/mol. The summed E-state index contributed by atoms with van der Waals surface area (Å²) in [5.41, 5.74) is 2.43. The lowest BCUT2D eigenvalue weighted by Crippen LogP contribution is -2.43. The highest BCUT2D eigenvalue weighted by molar-refractivity contribution is 6.62. The molecule has 1 aliphatic heterocycles. The first-order chi connectivity index (χ1) is 15.4. The second kappa shape index (κ2) is 12.0. The van der Waals surface area contributed by atoms with E-state index >= 15 is 0 Å². The Morgan fingerprint density at radius 2 is 1.69 bits per heavy atom. The Labute approximate surface area is 191 Å². The molecule has 0 radical (unpaired) electrons. The maximum Gasteiger partial charge on any atom is 0.494 e. The molecule has 2 aromatic rings. The Bertz CT molecular complexity index is 878. The normalized spacial score (nSPS) is 16.2. The van der Waals surface area contributed by atoms with Crippen LogP contribution in [0.25, 0.3) is 0 Å². The van der Waals surface area contributed by atoms with Gasteiger partial charge in [0.2, 0.25) is 0 Å². The third kappa shape index (κ3) is 7.35. The van der Waals surface area contributed by atoms with Gasteiger partial charge in [-0.25, -0.2) is 0 Å². The van der Waals surface area contributed by atoms with Crippen LogP contribution in [0.5, 0.6) is 11.5 Å². The molecule has 1 atom stereocenters. The predicted molar refractivity (Wildman–Crippen MR) is 124 cm³/mol. The van der Waals surface area contributed by atoms with Gasteiger partial charge in [0.15, 0.2) is 6.29 Å². The van der Waals surface area contributed by atoms with E-state index in [1.54, 1.807) is 24.3 Å². The van der Waals surface area contributed by atoms with Gasteiger partial charge >= 0.3 is 7.12 Å². The Morgan fingerprint density at radius 1 is 1.00 bits per heavy atom. The number of nitriles is 1. The Hall–Kier alpha value is -2.37. The van der Waals surface area contributed by atoms with Gasteiger partial charge in [-0.2, -0.15) is 5.26 Å². The van der Waals surface area contributed by atoms with E-state index in [0.717, 1.165) is 36.9 Å². The minimum Gasteiger partial charge on any atom is -0.457 e. The lowest BCUT2D eigenvalue weighted by molar-refractivity contribution is -0.168. The Morgan fingerprint density at radius 3 is 2.28 bits per heavy atom. The first-order valence-corrected chi connectivity index (χ1v) is 11.3. The summed E-state index contributed by atoms with van der Waals surface area (Å²) in [4.78, 5) is 0. The zero-order valence-corrected chi connectivity index (χ0v) is 19.4. The van der Waals surface area contributed by atoms with Crippen molar-refractivity contribution in [3.63, 3.8) is 0 Å². The van der Waals surface area contributed by atoms with Crippen LogP contribution in [0.3, 0.4) is 0 Å². The van der Waals surface area contributed by atoms with E-state index < -0.39 is 7.12 Å². The molecule has 170 valence electrons. The van der Waals surface area contributed by atoms with Gasteiger partial charge in [-0.3, -0.25) is 0 Å². The van der Waals surface area contributed by atoms with Gasteiger partial charge in [0.1, 0.15) is 11.5 Å². The molecule has 1 heterocycles. The van der Waals surface area contributed by atoms with E-state index in [9.17, 15) is 0 Å². The van der Waals surface area contributed by atoms with Gasteiger partial charge < -0.3 is 23.5 Å². The van der Waals surface area contributed by atoms with Gasteiger partial charge in [0.25, 0.3) is 0 Å². The maximum absolute atomic E-state index is 8.99. The quantitative estimate of drug-likeness (QED) is 0.491. The summed E-state index contributed by atoms with van der Waals surface area (Å²) in [6, 6.07) is 15.0. The number of ether oxygens (including phenoxy) is 3. The van der Waals surface area contributed by atoms with Crippen LogP contribution < -0.4 is 10.2 Å². The molecule has 3 rings (SSSR count). The van der Waals surface area contributed by atoms with Crippen LogP contribution in [0.1, 0.15) is 58.1 Å². The number of rotatable bonds is 10. The van der Waals surface area contributed by atoms with E-state index in [2.05, 4.69) is 6.07 Å². The van der Waals surface area contributed by atoms with E-state index in [1.807, 2.05) is 45.9 Å². The van der Waals surface area contributed by atoms with Crippen molar-refractivity contribution in [3.05, 3.63) is 53.6 Å². The molecule has 0 N–H and O–H groups in total. The summed E-state index contributed by atoms with van der Waals surface area (Å²) in [7, 11) is -0.509. The van der Waals surface area contributed by atoms with Crippen LogP contribution in [-0.2, 0) is 25.4 Å². The highest BCUT2D eigenvalue weighted by Crippen LogP contribution is 2.24. The van der Waals surface area contributed by atoms with Crippen molar-refractivity contribution in [1.82, 2.24) is 0 Å². The monoisotopic (exact) mass is 437 g/mol. The molecule has 0 saturated carbocycles. The van der Waals surface area contributed by atoms with Crippen LogP contribution in [0.4, 0.5) is 0 Å². The van der Waals surface area contributed by atoms with Crippen LogP contribution in [0.15, 0.2) is 42.5 Å². The second-order valence-corrected chi connectivity index (χ2v) is 8.41. The molecule has 2 aromatic carbocycles. The van der Waals surface area contributed by atoms with Gasteiger partial charge in [0.05, 0.1) is 18.2 Å². The second-order valence-electron chi connectivity index (χ2n) is 8.41. The van der Waals surface area contributed by atoms with E-state index in [0.29, 0.717) is 23.7 Å². The highest BCUT2D eigenvalue weighted by Gasteiger charge is 2.28. The first-order valence-electron chi connectivity index (χ1n) is 11.3.